The lowest BCUT2D eigenvalue weighted by Crippen LogP contribution is -2.41. The third-order valence-corrected chi connectivity index (χ3v) is 2.87. The van der Waals surface area contributed by atoms with Crippen LogP contribution in [0.2, 0.25) is 0 Å². The molecule has 0 fully saturated rings. The molecule has 0 atom stereocenters. The molecule has 0 aliphatic carbocycles. The van der Waals surface area contributed by atoms with Crippen LogP contribution in [0.5, 0.6) is 0 Å². The molecular weight excluding hydrogens is 293 g/mol. The Bertz CT molecular complexity index is 705. The van der Waals surface area contributed by atoms with Gasteiger partial charge in [-0.25, -0.2) is 4.98 Å². The molecule has 1 aromatic carbocycles. The van der Waals surface area contributed by atoms with Gasteiger partial charge in [0.2, 0.25) is 0 Å². The van der Waals surface area contributed by atoms with Gasteiger partial charge in [-0.1, -0.05) is 36.3 Å². The first-order chi connectivity index (χ1) is 10.4. The highest BCUT2D eigenvalue weighted by Crippen LogP contribution is 2.26. The average Bonchev–Trinajstić information content (AvgIpc) is 2.52. The van der Waals surface area contributed by atoms with Crippen molar-refractivity contribution < 1.29 is 18.0 Å². The summed E-state index contributed by atoms with van der Waals surface area (Å²) in [6.45, 7) is -0.273. The van der Waals surface area contributed by atoms with Crippen LogP contribution in [0.15, 0.2) is 48.7 Å². The van der Waals surface area contributed by atoms with Gasteiger partial charge >= 0.3 is 12.1 Å². The molecule has 6 heteroatoms. The molecule has 112 valence electrons. The fraction of sp³-hybridized carbons (Fsp3) is 0.125. The second-order valence-electron chi connectivity index (χ2n) is 4.39. The van der Waals surface area contributed by atoms with E-state index in [-0.39, 0.29) is 17.9 Å². The second-order valence-corrected chi connectivity index (χ2v) is 4.39. The number of amides is 1. The molecule has 0 aliphatic heterocycles. The number of pyridine rings is 1. The second kappa shape index (κ2) is 6.31. The van der Waals surface area contributed by atoms with E-state index in [1.165, 1.54) is 18.3 Å². The predicted octanol–water partition coefficient (Wildman–Crippen LogP) is 3.16. The van der Waals surface area contributed by atoms with E-state index in [0.29, 0.717) is 10.5 Å². The predicted molar refractivity (Wildman–Crippen MR) is 75.9 cm³/mol. The van der Waals surface area contributed by atoms with Crippen molar-refractivity contribution in [1.82, 2.24) is 4.98 Å². The van der Waals surface area contributed by atoms with Crippen LogP contribution >= 0.6 is 0 Å². The highest BCUT2D eigenvalue weighted by Gasteiger charge is 2.43. The zero-order chi connectivity index (χ0) is 16.2. The fourth-order valence-electron chi connectivity index (χ4n) is 1.89. The van der Waals surface area contributed by atoms with E-state index in [1.54, 1.807) is 30.3 Å². The average molecular weight is 304 g/mol. The van der Waals surface area contributed by atoms with Crippen LogP contribution in [0.1, 0.15) is 11.1 Å². The van der Waals surface area contributed by atoms with Gasteiger partial charge in [0.1, 0.15) is 0 Å². The maximum Gasteiger partial charge on any atom is 0.471 e. The molecule has 3 nitrogen and oxygen atoms in total. The number of carbonyl (C=O) groups is 1. The van der Waals surface area contributed by atoms with Crippen LogP contribution in [0.3, 0.4) is 0 Å². The minimum atomic E-state index is -5.02. The normalized spacial score (nSPS) is 10.8. The number of carbonyl (C=O) groups excluding carboxylic acids is 1. The summed E-state index contributed by atoms with van der Waals surface area (Å²) in [7, 11) is 0. The molecule has 0 N–H and O–H groups in total. The number of aromatic nitrogens is 1. The van der Waals surface area contributed by atoms with E-state index in [9.17, 15) is 18.0 Å². The van der Waals surface area contributed by atoms with Crippen molar-refractivity contribution in [1.29, 1.82) is 0 Å². The van der Waals surface area contributed by atoms with E-state index in [0.717, 1.165) is 0 Å². The lowest BCUT2D eigenvalue weighted by molar-refractivity contribution is -0.170. The third-order valence-electron chi connectivity index (χ3n) is 2.87. The SMILES string of the molecule is C#Cc1cccnc1N(Cc1ccccc1)C(=O)C(F)(F)F. The monoisotopic (exact) mass is 304 g/mol. The lowest BCUT2D eigenvalue weighted by Gasteiger charge is -2.24. The smallest absolute Gasteiger partial charge is 0.283 e. The van der Waals surface area contributed by atoms with Gasteiger partial charge in [-0.05, 0) is 17.7 Å². The minimum absolute atomic E-state index is 0.121. The van der Waals surface area contributed by atoms with Crippen molar-refractivity contribution in [3.63, 3.8) is 0 Å². The van der Waals surface area contributed by atoms with Crippen molar-refractivity contribution >= 4 is 11.7 Å². The van der Waals surface area contributed by atoms with E-state index < -0.39 is 12.1 Å². The molecule has 0 spiro atoms. The highest BCUT2D eigenvalue weighted by atomic mass is 19.4. The van der Waals surface area contributed by atoms with Gasteiger partial charge in [0.05, 0.1) is 12.1 Å². The fourth-order valence-corrected chi connectivity index (χ4v) is 1.89. The lowest BCUT2D eigenvalue weighted by atomic mass is 10.2. The topological polar surface area (TPSA) is 33.2 Å². The quantitative estimate of drug-likeness (QED) is 0.816. The van der Waals surface area contributed by atoms with Crippen LogP contribution in [0.25, 0.3) is 0 Å². The summed E-state index contributed by atoms with van der Waals surface area (Å²) in [6, 6.07) is 11.2. The molecule has 0 unspecified atom stereocenters. The van der Waals surface area contributed by atoms with Gasteiger partial charge in [0, 0.05) is 6.20 Å². The number of anilines is 1. The Labute approximate surface area is 125 Å². The van der Waals surface area contributed by atoms with Crippen molar-refractivity contribution in [3.05, 3.63) is 59.8 Å². The van der Waals surface area contributed by atoms with Gasteiger partial charge in [-0.15, -0.1) is 6.42 Å². The molecule has 1 aromatic heterocycles. The number of halogens is 3. The molecule has 0 bridgehead atoms. The van der Waals surface area contributed by atoms with E-state index >= 15 is 0 Å². The van der Waals surface area contributed by atoms with Gasteiger partial charge in [0.25, 0.3) is 0 Å². The molecule has 1 heterocycles. The summed E-state index contributed by atoms with van der Waals surface area (Å²) in [5.41, 5.74) is 0.657. The summed E-state index contributed by atoms with van der Waals surface area (Å²) in [6.07, 6.45) is 1.56. The van der Waals surface area contributed by atoms with Crippen LogP contribution in [0.4, 0.5) is 19.0 Å². The number of benzene rings is 1. The van der Waals surface area contributed by atoms with Gasteiger partial charge < -0.3 is 0 Å². The number of alkyl halides is 3. The van der Waals surface area contributed by atoms with Crippen LogP contribution in [0, 0.1) is 12.3 Å². The largest absolute Gasteiger partial charge is 0.471 e. The summed E-state index contributed by atoms with van der Waals surface area (Å²) < 4.78 is 38.6. The van der Waals surface area contributed by atoms with Gasteiger partial charge in [-0.2, -0.15) is 13.2 Å². The number of terminal acetylenes is 1. The Morgan fingerprint density at radius 3 is 2.45 bits per heavy atom. The van der Waals surface area contributed by atoms with Crippen molar-refractivity contribution in [3.8, 4) is 12.3 Å². The van der Waals surface area contributed by atoms with Crippen LogP contribution in [-0.2, 0) is 11.3 Å². The molecule has 2 rings (SSSR count). The van der Waals surface area contributed by atoms with Crippen LogP contribution < -0.4 is 4.90 Å². The summed E-state index contributed by atoms with van der Waals surface area (Å²) in [5, 5.41) is 0. The zero-order valence-corrected chi connectivity index (χ0v) is 11.3. The molecule has 22 heavy (non-hydrogen) atoms. The van der Waals surface area contributed by atoms with Crippen molar-refractivity contribution in [2.24, 2.45) is 0 Å². The van der Waals surface area contributed by atoms with E-state index in [4.69, 9.17) is 6.42 Å². The Kier molecular flexibility index (Phi) is 4.47. The van der Waals surface area contributed by atoms with Crippen molar-refractivity contribution in [2.75, 3.05) is 4.90 Å². The molecule has 0 radical (unpaired) electrons. The Morgan fingerprint density at radius 2 is 1.86 bits per heavy atom. The van der Waals surface area contributed by atoms with Crippen LogP contribution in [-0.4, -0.2) is 17.1 Å². The Morgan fingerprint density at radius 1 is 1.18 bits per heavy atom. The summed E-state index contributed by atoms with van der Waals surface area (Å²) in [4.78, 5) is 16.1. The van der Waals surface area contributed by atoms with Gasteiger partial charge in [-0.3, -0.25) is 9.69 Å². The maximum atomic E-state index is 12.9. The number of hydrogen-bond donors (Lipinski definition) is 0. The summed E-state index contributed by atoms with van der Waals surface area (Å²) in [5.74, 6) is 0.0525. The first-order valence-corrected chi connectivity index (χ1v) is 6.27. The molecule has 1 amide bonds. The Balaban J connectivity index is 2.46. The maximum absolute atomic E-state index is 12.9. The van der Waals surface area contributed by atoms with E-state index in [2.05, 4.69) is 10.9 Å². The minimum Gasteiger partial charge on any atom is -0.283 e. The van der Waals surface area contributed by atoms with Crippen molar-refractivity contribution in [2.45, 2.75) is 12.7 Å². The zero-order valence-electron chi connectivity index (χ0n) is 11.3. The summed E-state index contributed by atoms with van der Waals surface area (Å²) >= 11 is 0. The first-order valence-electron chi connectivity index (χ1n) is 6.27. The molecule has 0 saturated carbocycles. The standard InChI is InChI=1S/C16H11F3N2O/c1-2-13-9-6-10-20-14(13)21(15(22)16(17,18)19)11-12-7-4-3-5-8-12/h1,3-10H,11H2. The van der Waals surface area contributed by atoms with E-state index in [1.807, 2.05) is 0 Å². The number of hydrogen-bond acceptors (Lipinski definition) is 2. The third kappa shape index (κ3) is 3.44. The highest BCUT2D eigenvalue weighted by molar-refractivity contribution is 5.97. The molecule has 0 aliphatic rings. The first kappa shape index (κ1) is 15.6. The molecule has 2 aromatic rings. The molecule has 0 saturated heterocycles. The van der Waals surface area contributed by atoms with Gasteiger partial charge in [0.15, 0.2) is 5.82 Å². The molecular formula is C16H11F3N2O. The Hall–Kier alpha value is -2.81. The number of nitrogens with zero attached hydrogens (tertiary/aromatic N) is 2. The number of rotatable bonds is 3.